The Bertz CT molecular complexity index is 119. The SMILES string of the molecule is CNC(CC1CCOC1)C(C)C. The molecule has 0 aliphatic carbocycles. The predicted molar refractivity (Wildman–Crippen MR) is 51.2 cm³/mol. The Morgan fingerprint density at radius 2 is 2.25 bits per heavy atom. The zero-order valence-electron chi connectivity index (χ0n) is 8.47. The summed E-state index contributed by atoms with van der Waals surface area (Å²) in [5.74, 6) is 1.53. The van der Waals surface area contributed by atoms with E-state index in [1.165, 1.54) is 12.8 Å². The summed E-state index contributed by atoms with van der Waals surface area (Å²) >= 11 is 0. The van der Waals surface area contributed by atoms with Crippen LogP contribution in [0.4, 0.5) is 0 Å². The Balaban J connectivity index is 2.26. The van der Waals surface area contributed by atoms with Crippen molar-refractivity contribution in [3.05, 3.63) is 0 Å². The van der Waals surface area contributed by atoms with Crippen molar-refractivity contribution < 1.29 is 4.74 Å². The van der Waals surface area contributed by atoms with Crippen molar-refractivity contribution in [1.82, 2.24) is 5.32 Å². The van der Waals surface area contributed by atoms with E-state index in [0.29, 0.717) is 6.04 Å². The van der Waals surface area contributed by atoms with Gasteiger partial charge in [-0.2, -0.15) is 0 Å². The second-order valence-corrected chi connectivity index (χ2v) is 4.10. The molecule has 0 radical (unpaired) electrons. The summed E-state index contributed by atoms with van der Waals surface area (Å²) < 4.78 is 5.35. The van der Waals surface area contributed by atoms with E-state index in [1.807, 2.05) is 0 Å². The van der Waals surface area contributed by atoms with Gasteiger partial charge in [0.25, 0.3) is 0 Å². The normalized spacial score (nSPS) is 26.5. The van der Waals surface area contributed by atoms with Crippen LogP contribution in [0.2, 0.25) is 0 Å². The Labute approximate surface area is 75.7 Å². The molecule has 1 heterocycles. The van der Waals surface area contributed by atoms with E-state index >= 15 is 0 Å². The molecule has 12 heavy (non-hydrogen) atoms. The smallest absolute Gasteiger partial charge is 0.0495 e. The molecule has 1 saturated heterocycles. The highest BCUT2D eigenvalue weighted by Crippen LogP contribution is 2.20. The second-order valence-electron chi connectivity index (χ2n) is 4.10. The lowest BCUT2D eigenvalue weighted by molar-refractivity contribution is 0.179. The van der Waals surface area contributed by atoms with Crippen molar-refractivity contribution >= 4 is 0 Å². The van der Waals surface area contributed by atoms with E-state index in [0.717, 1.165) is 25.0 Å². The average Bonchev–Trinajstić information content (AvgIpc) is 2.51. The molecule has 0 saturated carbocycles. The standard InChI is InChI=1S/C10H21NO/c1-8(2)10(11-3)6-9-4-5-12-7-9/h8-11H,4-7H2,1-3H3. The van der Waals surface area contributed by atoms with Crippen molar-refractivity contribution in [3.63, 3.8) is 0 Å². The summed E-state index contributed by atoms with van der Waals surface area (Å²) in [6.07, 6.45) is 2.53. The molecule has 2 heteroatoms. The lowest BCUT2D eigenvalue weighted by Gasteiger charge is -2.22. The molecule has 0 aromatic heterocycles. The lowest BCUT2D eigenvalue weighted by atomic mass is 9.92. The molecule has 0 amide bonds. The Morgan fingerprint density at radius 3 is 2.67 bits per heavy atom. The zero-order valence-corrected chi connectivity index (χ0v) is 8.47. The van der Waals surface area contributed by atoms with E-state index in [-0.39, 0.29) is 0 Å². The number of rotatable bonds is 4. The van der Waals surface area contributed by atoms with E-state index in [2.05, 4.69) is 26.2 Å². The van der Waals surface area contributed by atoms with Gasteiger partial charge in [0.15, 0.2) is 0 Å². The molecule has 2 nitrogen and oxygen atoms in total. The topological polar surface area (TPSA) is 21.3 Å². The number of hydrogen-bond acceptors (Lipinski definition) is 2. The monoisotopic (exact) mass is 171 g/mol. The van der Waals surface area contributed by atoms with Gasteiger partial charge in [-0.15, -0.1) is 0 Å². The van der Waals surface area contributed by atoms with Gasteiger partial charge >= 0.3 is 0 Å². The molecule has 1 aliphatic rings. The van der Waals surface area contributed by atoms with Crippen LogP contribution in [0.1, 0.15) is 26.7 Å². The Hall–Kier alpha value is -0.0800. The van der Waals surface area contributed by atoms with Crippen LogP contribution >= 0.6 is 0 Å². The fourth-order valence-corrected chi connectivity index (χ4v) is 1.85. The molecule has 2 atom stereocenters. The molecular weight excluding hydrogens is 150 g/mol. The largest absolute Gasteiger partial charge is 0.381 e. The predicted octanol–water partition coefficient (Wildman–Crippen LogP) is 1.66. The van der Waals surface area contributed by atoms with Crippen molar-refractivity contribution in [2.75, 3.05) is 20.3 Å². The maximum Gasteiger partial charge on any atom is 0.0495 e. The fraction of sp³-hybridized carbons (Fsp3) is 1.00. The molecule has 0 bridgehead atoms. The van der Waals surface area contributed by atoms with Gasteiger partial charge in [-0.05, 0) is 31.7 Å². The Kier molecular flexibility index (Phi) is 4.02. The molecule has 1 aliphatic heterocycles. The van der Waals surface area contributed by atoms with Crippen LogP contribution in [0.3, 0.4) is 0 Å². The highest BCUT2D eigenvalue weighted by Gasteiger charge is 2.21. The number of ether oxygens (including phenoxy) is 1. The maximum atomic E-state index is 5.35. The van der Waals surface area contributed by atoms with Gasteiger partial charge in [0.1, 0.15) is 0 Å². The van der Waals surface area contributed by atoms with Crippen LogP contribution in [-0.2, 0) is 4.74 Å². The summed E-state index contributed by atoms with van der Waals surface area (Å²) in [5, 5.41) is 3.37. The van der Waals surface area contributed by atoms with Crippen molar-refractivity contribution in [1.29, 1.82) is 0 Å². The average molecular weight is 171 g/mol. The van der Waals surface area contributed by atoms with Crippen LogP contribution < -0.4 is 5.32 Å². The maximum absolute atomic E-state index is 5.35. The van der Waals surface area contributed by atoms with Crippen molar-refractivity contribution in [2.24, 2.45) is 11.8 Å². The molecule has 0 aromatic rings. The van der Waals surface area contributed by atoms with Crippen molar-refractivity contribution in [2.45, 2.75) is 32.7 Å². The zero-order chi connectivity index (χ0) is 8.97. The van der Waals surface area contributed by atoms with Crippen molar-refractivity contribution in [3.8, 4) is 0 Å². The number of hydrogen-bond donors (Lipinski definition) is 1. The third kappa shape index (κ3) is 2.76. The van der Waals surface area contributed by atoms with Gasteiger partial charge in [0, 0.05) is 19.3 Å². The van der Waals surface area contributed by atoms with Gasteiger partial charge in [-0.3, -0.25) is 0 Å². The molecule has 0 spiro atoms. The highest BCUT2D eigenvalue weighted by molar-refractivity contribution is 4.75. The summed E-state index contributed by atoms with van der Waals surface area (Å²) in [6.45, 7) is 6.50. The van der Waals surface area contributed by atoms with Gasteiger partial charge in [-0.25, -0.2) is 0 Å². The van der Waals surface area contributed by atoms with E-state index in [4.69, 9.17) is 4.74 Å². The quantitative estimate of drug-likeness (QED) is 0.694. The minimum Gasteiger partial charge on any atom is -0.381 e. The minimum atomic E-state index is 0.664. The van der Waals surface area contributed by atoms with Gasteiger partial charge in [0.05, 0.1) is 0 Å². The third-order valence-electron chi connectivity index (χ3n) is 2.79. The minimum absolute atomic E-state index is 0.664. The van der Waals surface area contributed by atoms with Crippen LogP contribution in [-0.4, -0.2) is 26.3 Å². The molecular formula is C10H21NO. The molecule has 2 unspecified atom stereocenters. The first-order chi connectivity index (χ1) is 5.74. The highest BCUT2D eigenvalue weighted by atomic mass is 16.5. The Morgan fingerprint density at radius 1 is 1.50 bits per heavy atom. The number of nitrogens with one attached hydrogen (secondary N) is 1. The summed E-state index contributed by atoms with van der Waals surface area (Å²) in [7, 11) is 2.06. The fourth-order valence-electron chi connectivity index (χ4n) is 1.85. The first-order valence-electron chi connectivity index (χ1n) is 4.99. The molecule has 72 valence electrons. The summed E-state index contributed by atoms with van der Waals surface area (Å²) in [5.41, 5.74) is 0. The van der Waals surface area contributed by atoms with Crippen LogP contribution in [0, 0.1) is 11.8 Å². The summed E-state index contributed by atoms with van der Waals surface area (Å²) in [4.78, 5) is 0. The van der Waals surface area contributed by atoms with E-state index in [1.54, 1.807) is 0 Å². The first-order valence-corrected chi connectivity index (χ1v) is 4.99. The van der Waals surface area contributed by atoms with E-state index < -0.39 is 0 Å². The van der Waals surface area contributed by atoms with E-state index in [9.17, 15) is 0 Å². The molecule has 0 aromatic carbocycles. The van der Waals surface area contributed by atoms with Gasteiger partial charge in [-0.1, -0.05) is 13.8 Å². The van der Waals surface area contributed by atoms with Gasteiger partial charge in [0.2, 0.25) is 0 Å². The summed E-state index contributed by atoms with van der Waals surface area (Å²) in [6, 6.07) is 0.664. The lowest BCUT2D eigenvalue weighted by Crippen LogP contribution is -2.32. The van der Waals surface area contributed by atoms with Crippen LogP contribution in [0.15, 0.2) is 0 Å². The van der Waals surface area contributed by atoms with Crippen LogP contribution in [0.5, 0.6) is 0 Å². The second kappa shape index (κ2) is 4.83. The van der Waals surface area contributed by atoms with Crippen LogP contribution in [0.25, 0.3) is 0 Å². The molecule has 1 N–H and O–H groups in total. The van der Waals surface area contributed by atoms with Gasteiger partial charge < -0.3 is 10.1 Å². The first kappa shape index (κ1) is 10.0. The molecule has 1 fully saturated rings. The molecule has 1 rings (SSSR count). The third-order valence-corrected chi connectivity index (χ3v) is 2.79.